The molecular weight excluding hydrogens is 328 g/mol. The molecule has 26 heavy (non-hydrogen) atoms. The number of fused-ring (bicyclic) bond motifs is 5. The van der Waals surface area contributed by atoms with Crippen LogP contribution in [0.1, 0.15) is 12.8 Å². The zero-order chi connectivity index (χ0) is 16.8. The van der Waals surface area contributed by atoms with E-state index >= 15 is 0 Å². The average molecular weight is 346 g/mol. The summed E-state index contributed by atoms with van der Waals surface area (Å²) in [6, 6.07) is 0. The molecule has 0 amide bonds. The molecule has 10 fully saturated rings. The van der Waals surface area contributed by atoms with E-state index in [9.17, 15) is 19.2 Å². The molecule has 0 N–H and O–H groups in total. The molecule has 10 aliphatic rings. The zero-order valence-electron chi connectivity index (χ0n) is 14.1. The largest absolute Gasteiger partial charge is 0.299 e. The third-order valence-electron chi connectivity index (χ3n) is 12.6. The maximum atomic E-state index is 13.9. The van der Waals surface area contributed by atoms with Crippen LogP contribution < -0.4 is 0 Å². The number of ketones is 4. The number of rotatable bonds is 1. The van der Waals surface area contributed by atoms with E-state index in [1.54, 1.807) is 0 Å². The number of carbonyl (C=O) groups excluding carboxylic acids is 4. The van der Waals surface area contributed by atoms with E-state index < -0.39 is 10.8 Å². The molecule has 0 aromatic heterocycles. The van der Waals surface area contributed by atoms with Gasteiger partial charge in [-0.05, 0) is 60.2 Å². The van der Waals surface area contributed by atoms with Crippen molar-refractivity contribution in [1.82, 2.24) is 0 Å². The Labute approximate surface area is 149 Å². The maximum absolute atomic E-state index is 13.9. The highest BCUT2D eigenvalue weighted by Crippen LogP contribution is 2.97. The summed E-state index contributed by atoms with van der Waals surface area (Å²) in [4.78, 5) is 54.4. The third-order valence-corrected chi connectivity index (χ3v) is 12.6. The predicted octanol–water partition coefficient (Wildman–Crippen LogP) is 0.779. The van der Waals surface area contributed by atoms with Crippen LogP contribution in [0.5, 0.6) is 0 Å². The van der Waals surface area contributed by atoms with Gasteiger partial charge in [0, 0.05) is 35.5 Å². The van der Waals surface area contributed by atoms with Gasteiger partial charge in [0.05, 0.1) is 10.8 Å². The van der Waals surface area contributed by atoms with Crippen LogP contribution >= 0.6 is 0 Å². The summed E-state index contributed by atoms with van der Waals surface area (Å²) in [5.41, 5.74) is -1.41. The van der Waals surface area contributed by atoms with Crippen molar-refractivity contribution in [1.29, 1.82) is 0 Å². The molecule has 0 unspecified atom stereocenters. The lowest BCUT2D eigenvalue weighted by Crippen LogP contribution is -2.77. The van der Waals surface area contributed by atoms with Gasteiger partial charge < -0.3 is 0 Å². The second-order valence-corrected chi connectivity index (χ2v) is 11.7. The quantitative estimate of drug-likeness (QED) is 0.704. The Balaban J connectivity index is 1.34. The van der Waals surface area contributed by atoms with Gasteiger partial charge in [-0.3, -0.25) is 19.2 Å². The normalized spacial score (nSPS) is 80.6. The summed E-state index contributed by atoms with van der Waals surface area (Å²) < 4.78 is 0. The van der Waals surface area contributed by atoms with Gasteiger partial charge in [0.25, 0.3) is 0 Å². The van der Waals surface area contributed by atoms with Crippen molar-refractivity contribution in [3.8, 4) is 0 Å². The Morgan fingerprint density at radius 2 is 1.00 bits per heavy atom. The molecule has 0 aromatic rings. The van der Waals surface area contributed by atoms with Gasteiger partial charge in [-0.25, -0.2) is 0 Å². The molecule has 10 rings (SSSR count). The lowest BCUT2D eigenvalue weighted by molar-refractivity contribution is -0.244. The number of hydrogen-bond donors (Lipinski definition) is 0. The van der Waals surface area contributed by atoms with Crippen molar-refractivity contribution in [2.24, 2.45) is 93.7 Å². The maximum Gasteiger partial charge on any atom is 0.145 e. The lowest BCUT2D eigenvalue weighted by Gasteiger charge is -2.70. The topological polar surface area (TPSA) is 68.3 Å². The Kier molecular flexibility index (Phi) is 1.29. The van der Waals surface area contributed by atoms with Crippen molar-refractivity contribution in [2.75, 3.05) is 0 Å². The first-order valence-electron chi connectivity index (χ1n) is 10.8. The van der Waals surface area contributed by atoms with Gasteiger partial charge in [-0.1, -0.05) is 0 Å². The predicted molar refractivity (Wildman–Crippen MR) is 83.0 cm³/mol. The highest BCUT2D eigenvalue weighted by molar-refractivity contribution is 6.17. The third kappa shape index (κ3) is 0.615. The fourth-order valence-electron chi connectivity index (χ4n) is 13.3. The first kappa shape index (κ1) is 12.2. The smallest absolute Gasteiger partial charge is 0.145 e. The Hall–Kier alpha value is -1.32. The summed E-state index contributed by atoms with van der Waals surface area (Å²) in [7, 11) is 0. The molecular formula is C22H18O4. The summed E-state index contributed by atoms with van der Waals surface area (Å²) >= 11 is 0. The number of Topliss-reactive ketones (excluding diaryl/α,β-unsaturated/α-hetero) is 4. The molecule has 4 nitrogen and oxygen atoms in total. The second kappa shape index (κ2) is 2.74. The number of hydrogen-bond acceptors (Lipinski definition) is 4. The molecule has 0 spiro atoms. The van der Waals surface area contributed by atoms with E-state index in [0.29, 0.717) is 58.6 Å². The minimum Gasteiger partial charge on any atom is -0.299 e. The minimum atomic E-state index is -0.707. The van der Waals surface area contributed by atoms with Crippen molar-refractivity contribution in [3.05, 3.63) is 0 Å². The minimum absolute atomic E-state index is 0.00366. The molecule has 0 saturated heterocycles. The monoisotopic (exact) mass is 346 g/mol. The van der Waals surface area contributed by atoms with E-state index in [-0.39, 0.29) is 47.3 Å². The molecule has 0 radical (unpaired) electrons. The van der Waals surface area contributed by atoms with Crippen LogP contribution in [0, 0.1) is 93.7 Å². The van der Waals surface area contributed by atoms with Gasteiger partial charge in [-0.2, -0.15) is 0 Å². The summed E-state index contributed by atoms with van der Waals surface area (Å²) in [6.07, 6.45) is 2.10. The number of carbonyl (C=O) groups is 4. The zero-order valence-corrected chi connectivity index (χ0v) is 14.1. The molecule has 16 atom stereocenters. The Morgan fingerprint density at radius 3 is 1.42 bits per heavy atom. The fraction of sp³-hybridized carbons (Fsp3) is 0.818. The van der Waals surface area contributed by atoms with E-state index in [4.69, 9.17) is 0 Å². The van der Waals surface area contributed by atoms with Crippen LogP contribution in [0.2, 0.25) is 0 Å². The van der Waals surface area contributed by atoms with E-state index in [2.05, 4.69) is 0 Å². The second-order valence-electron chi connectivity index (χ2n) is 11.7. The van der Waals surface area contributed by atoms with Gasteiger partial charge in [0.15, 0.2) is 0 Å². The Morgan fingerprint density at radius 1 is 0.577 bits per heavy atom. The van der Waals surface area contributed by atoms with Gasteiger partial charge >= 0.3 is 0 Å². The van der Waals surface area contributed by atoms with Gasteiger partial charge in [0.2, 0.25) is 0 Å². The molecule has 10 saturated carbocycles. The lowest BCUT2D eigenvalue weighted by atomic mass is 9.29. The van der Waals surface area contributed by atoms with Gasteiger partial charge in [-0.15, -0.1) is 0 Å². The van der Waals surface area contributed by atoms with Crippen molar-refractivity contribution >= 4 is 23.1 Å². The van der Waals surface area contributed by atoms with Crippen LogP contribution in [-0.4, -0.2) is 23.1 Å². The van der Waals surface area contributed by atoms with Crippen LogP contribution in [0.25, 0.3) is 0 Å². The molecule has 10 aliphatic carbocycles. The van der Waals surface area contributed by atoms with Crippen molar-refractivity contribution in [3.63, 3.8) is 0 Å². The highest BCUT2D eigenvalue weighted by atomic mass is 16.2. The van der Waals surface area contributed by atoms with Crippen molar-refractivity contribution in [2.45, 2.75) is 12.8 Å². The van der Waals surface area contributed by atoms with E-state index in [1.807, 2.05) is 0 Å². The highest BCUT2D eigenvalue weighted by Gasteiger charge is 3.02. The average Bonchev–Trinajstić information content (AvgIpc) is 3.30. The fourth-order valence-corrected chi connectivity index (χ4v) is 13.3. The standard InChI is InChI=1S/C22H18O4/c23-17-7-3-1-5-9(7)19(25)21(13(5)11(3)15(17)21)22-14-6-2-4-8(10(6)20(22)26)18(24)16(22)12(4)14/h3-16H,1-2H2/t3-,4-,5+,6+,7-,8-,9+,10+,11+,12+,13-,14-,15-,16-,21+,22+/m0/s1. The van der Waals surface area contributed by atoms with Crippen LogP contribution in [0.3, 0.4) is 0 Å². The van der Waals surface area contributed by atoms with Crippen LogP contribution in [-0.2, 0) is 19.2 Å². The van der Waals surface area contributed by atoms with Crippen LogP contribution in [0.15, 0.2) is 0 Å². The van der Waals surface area contributed by atoms with Crippen molar-refractivity contribution < 1.29 is 19.2 Å². The Bertz CT molecular complexity index is 928. The summed E-state index contributed by atoms with van der Waals surface area (Å²) in [5.74, 6) is 3.73. The summed E-state index contributed by atoms with van der Waals surface area (Å²) in [6.45, 7) is 0. The SMILES string of the molecule is O=C1[C@H]2[C@@H]3C[C@@H]4[C@H]2C(=O)[C@@]2([C@@]56C(=O)[C@@H]7[C@H]8C[C@H]9[C@@H]7C(=O)[C@@H]5[C@H]9[C@H]86)[C@@H]4[C@@H]3[C@@H]12. The van der Waals surface area contributed by atoms with E-state index in [1.165, 1.54) is 0 Å². The van der Waals surface area contributed by atoms with E-state index in [0.717, 1.165) is 12.8 Å². The van der Waals surface area contributed by atoms with Gasteiger partial charge in [0.1, 0.15) is 23.1 Å². The molecule has 4 heteroatoms. The summed E-state index contributed by atoms with van der Waals surface area (Å²) in [5, 5.41) is 0. The molecule has 4 bridgehead atoms. The molecule has 0 aliphatic heterocycles. The first-order valence-corrected chi connectivity index (χ1v) is 10.8. The molecule has 0 heterocycles. The van der Waals surface area contributed by atoms with Crippen LogP contribution in [0.4, 0.5) is 0 Å². The molecule has 0 aromatic carbocycles. The first-order chi connectivity index (χ1) is 12.6. The molecule has 130 valence electrons.